The number of hydrogen-bond acceptors (Lipinski definition) is 3. The van der Waals surface area contributed by atoms with E-state index in [4.69, 9.17) is 5.73 Å². The highest BCUT2D eigenvalue weighted by atomic mass is 16.2. The summed E-state index contributed by atoms with van der Waals surface area (Å²) in [4.78, 5) is 23.3. The van der Waals surface area contributed by atoms with E-state index in [0.717, 1.165) is 0 Å². The van der Waals surface area contributed by atoms with Gasteiger partial charge in [0.25, 0.3) is 5.91 Å². The highest BCUT2D eigenvalue weighted by Crippen LogP contribution is 2.12. The Morgan fingerprint density at radius 2 is 1.94 bits per heavy atom. The summed E-state index contributed by atoms with van der Waals surface area (Å²) in [7, 11) is 1.56. The summed E-state index contributed by atoms with van der Waals surface area (Å²) in [6, 6.07) is 6.55. The second kappa shape index (κ2) is 6.16. The van der Waals surface area contributed by atoms with Crippen LogP contribution in [0.1, 0.15) is 24.2 Å². The molecule has 1 rings (SSSR count). The van der Waals surface area contributed by atoms with Gasteiger partial charge in [-0.15, -0.1) is 0 Å². The van der Waals surface area contributed by atoms with Crippen molar-refractivity contribution in [3.05, 3.63) is 29.8 Å². The Balaban J connectivity index is 2.79. The van der Waals surface area contributed by atoms with Gasteiger partial charge in [0, 0.05) is 24.3 Å². The Hall–Kier alpha value is -1.88. The Bertz CT molecular complexity index is 444. The van der Waals surface area contributed by atoms with Crippen LogP contribution >= 0.6 is 0 Å². The first kappa shape index (κ1) is 14.2. The molecule has 0 fully saturated rings. The second-order valence-electron chi connectivity index (χ2n) is 4.30. The molecule has 2 unspecified atom stereocenters. The molecule has 0 spiro atoms. The lowest BCUT2D eigenvalue weighted by Crippen LogP contribution is -2.34. The van der Waals surface area contributed by atoms with Crippen LogP contribution in [0.5, 0.6) is 0 Å². The Labute approximate surface area is 107 Å². The van der Waals surface area contributed by atoms with E-state index in [-0.39, 0.29) is 23.8 Å². The van der Waals surface area contributed by atoms with E-state index in [1.165, 1.54) is 0 Å². The molecule has 0 aliphatic heterocycles. The normalized spacial score (nSPS) is 13.6. The molecule has 0 aliphatic carbocycles. The summed E-state index contributed by atoms with van der Waals surface area (Å²) in [6.07, 6.45) is 0. The number of nitrogens with two attached hydrogens (primary N) is 1. The fourth-order valence-electron chi connectivity index (χ4n) is 1.38. The lowest BCUT2D eigenvalue weighted by atomic mass is 10.0. The van der Waals surface area contributed by atoms with Gasteiger partial charge in [-0.2, -0.15) is 0 Å². The van der Waals surface area contributed by atoms with Crippen LogP contribution < -0.4 is 16.4 Å². The van der Waals surface area contributed by atoms with Gasteiger partial charge in [0.15, 0.2) is 0 Å². The number of carbonyl (C=O) groups excluding carboxylic acids is 2. The molecule has 5 heteroatoms. The second-order valence-corrected chi connectivity index (χ2v) is 4.30. The molecule has 0 heterocycles. The van der Waals surface area contributed by atoms with Crippen molar-refractivity contribution >= 4 is 17.5 Å². The van der Waals surface area contributed by atoms with E-state index in [1.54, 1.807) is 45.2 Å². The molecule has 0 aliphatic rings. The van der Waals surface area contributed by atoms with Gasteiger partial charge >= 0.3 is 0 Å². The molecule has 5 nitrogen and oxygen atoms in total. The predicted molar refractivity (Wildman–Crippen MR) is 71.3 cm³/mol. The molecule has 0 saturated carbocycles. The number of hydrogen-bond donors (Lipinski definition) is 3. The number of nitrogens with one attached hydrogen (secondary N) is 2. The van der Waals surface area contributed by atoms with E-state index in [9.17, 15) is 9.59 Å². The van der Waals surface area contributed by atoms with Gasteiger partial charge in [0.1, 0.15) is 0 Å². The number of benzene rings is 1. The van der Waals surface area contributed by atoms with Gasteiger partial charge in [-0.3, -0.25) is 9.59 Å². The Kier molecular flexibility index (Phi) is 4.85. The van der Waals surface area contributed by atoms with Crippen LogP contribution in [0, 0.1) is 5.92 Å². The summed E-state index contributed by atoms with van der Waals surface area (Å²) in [5.41, 5.74) is 6.76. The minimum Gasteiger partial charge on any atom is -0.355 e. The third kappa shape index (κ3) is 3.56. The smallest absolute Gasteiger partial charge is 0.251 e. The van der Waals surface area contributed by atoms with E-state index in [1.807, 2.05) is 0 Å². The fourth-order valence-corrected chi connectivity index (χ4v) is 1.38. The largest absolute Gasteiger partial charge is 0.355 e. The van der Waals surface area contributed by atoms with Crippen LogP contribution in [0.4, 0.5) is 5.69 Å². The average Bonchev–Trinajstić information content (AvgIpc) is 2.36. The number of anilines is 1. The maximum Gasteiger partial charge on any atom is 0.251 e. The van der Waals surface area contributed by atoms with Crippen molar-refractivity contribution in [2.45, 2.75) is 19.9 Å². The summed E-state index contributed by atoms with van der Waals surface area (Å²) < 4.78 is 0. The Morgan fingerprint density at radius 1 is 1.28 bits per heavy atom. The monoisotopic (exact) mass is 249 g/mol. The first-order chi connectivity index (χ1) is 8.45. The quantitative estimate of drug-likeness (QED) is 0.743. The molecular weight excluding hydrogens is 230 g/mol. The Morgan fingerprint density at radius 3 is 2.50 bits per heavy atom. The lowest BCUT2D eigenvalue weighted by Gasteiger charge is -2.15. The zero-order valence-electron chi connectivity index (χ0n) is 10.9. The molecule has 2 amide bonds. The predicted octanol–water partition coefficient (Wildman–Crippen LogP) is 0.968. The zero-order chi connectivity index (χ0) is 13.7. The van der Waals surface area contributed by atoms with Crippen LogP contribution in [-0.2, 0) is 4.79 Å². The van der Waals surface area contributed by atoms with Crippen molar-refractivity contribution in [3.8, 4) is 0 Å². The molecule has 0 bridgehead atoms. The summed E-state index contributed by atoms with van der Waals surface area (Å²) in [6.45, 7) is 3.55. The molecule has 0 saturated heterocycles. The maximum absolute atomic E-state index is 11.8. The molecule has 98 valence electrons. The highest BCUT2D eigenvalue weighted by Gasteiger charge is 2.17. The van der Waals surface area contributed by atoms with E-state index >= 15 is 0 Å². The van der Waals surface area contributed by atoms with Crippen molar-refractivity contribution in [2.24, 2.45) is 11.7 Å². The number of amides is 2. The summed E-state index contributed by atoms with van der Waals surface area (Å²) in [5, 5.41) is 5.27. The van der Waals surface area contributed by atoms with Crippen molar-refractivity contribution < 1.29 is 9.59 Å². The van der Waals surface area contributed by atoms with Crippen LogP contribution in [0.25, 0.3) is 0 Å². The SMILES string of the molecule is CNC(=O)c1cccc(NC(=O)C(C)C(C)N)c1. The van der Waals surface area contributed by atoms with Gasteiger partial charge in [0.2, 0.25) is 5.91 Å². The van der Waals surface area contributed by atoms with Gasteiger partial charge in [-0.1, -0.05) is 13.0 Å². The van der Waals surface area contributed by atoms with Crippen LogP contribution in [0.3, 0.4) is 0 Å². The third-order valence-corrected chi connectivity index (χ3v) is 2.82. The standard InChI is InChI=1S/C13H19N3O2/c1-8(9(2)14)12(17)16-11-6-4-5-10(7-11)13(18)15-3/h4-9H,14H2,1-3H3,(H,15,18)(H,16,17). The molecule has 0 radical (unpaired) electrons. The molecular formula is C13H19N3O2. The van der Waals surface area contributed by atoms with Crippen LogP contribution in [0.15, 0.2) is 24.3 Å². The lowest BCUT2D eigenvalue weighted by molar-refractivity contribution is -0.119. The zero-order valence-corrected chi connectivity index (χ0v) is 10.9. The van der Waals surface area contributed by atoms with Gasteiger partial charge in [-0.05, 0) is 25.1 Å². The van der Waals surface area contributed by atoms with Gasteiger partial charge in [0.05, 0.1) is 5.92 Å². The van der Waals surface area contributed by atoms with Crippen molar-refractivity contribution in [2.75, 3.05) is 12.4 Å². The molecule has 1 aromatic rings. The third-order valence-electron chi connectivity index (χ3n) is 2.82. The topological polar surface area (TPSA) is 84.2 Å². The first-order valence-electron chi connectivity index (χ1n) is 5.84. The van der Waals surface area contributed by atoms with E-state index in [0.29, 0.717) is 11.3 Å². The van der Waals surface area contributed by atoms with E-state index in [2.05, 4.69) is 10.6 Å². The van der Waals surface area contributed by atoms with Gasteiger partial charge < -0.3 is 16.4 Å². The molecule has 1 aromatic carbocycles. The van der Waals surface area contributed by atoms with Crippen molar-refractivity contribution in [3.63, 3.8) is 0 Å². The van der Waals surface area contributed by atoms with Crippen molar-refractivity contribution in [1.82, 2.24) is 5.32 Å². The molecule has 18 heavy (non-hydrogen) atoms. The van der Waals surface area contributed by atoms with Crippen LogP contribution in [0.2, 0.25) is 0 Å². The molecule has 2 atom stereocenters. The fraction of sp³-hybridized carbons (Fsp3) is 0.385. The summed E-state index contributed by atoms with van der Waals surface area (Å²) in [5.74, 6) is -0.626. The number of rotatable bonds is 4. The minimum absolute atomic E-state index is 0.154. The molecule has 0 aromatic heterocycles. The first-order valence-corrected chi connectivity index (χ1v) is 5.84. The minimum atomic E-state index is -0.284. The molecule has 4 N–H and O–H groups in total. The van der Waals surface area contributed by atoms with Crippen molar-refractivity contribution in [1.29, 1.82) is 0 Å². The average molecular weight is 249 g/mol. The van der Waals surface area contributed by atoms with E-state index < -0.39 is 0 Å². The van der Waals surface area contributed by atoms with Gasteiger partial charge in [-0.25, -0.2) is 0 Å². The summed E-state index contributed by atoms with van der Waals surface area (Å²) >= 11 is 0. The maximum atomic E-state index is 11.8. The van der Waals surface area contributed by atoms with Crippen LogP contribution in [-0.4, -0.2) is 24.9 Å². The number of carbonyl (C=O) groups is 2. The highest BCUT2D eigenvalue weighted by molar-refractivity contribution is 5.97.